The molecule has 5 heteroatoms. The van der Waals surface area contributed by atoms with Gasteiger partial charge in [0.25, 0.3) is 0 Å². The van der Waals surface area contributed by atoms with Gasteiger partial charge in [0.2, 0.25) is 0 Å². The Morgan fingerprint density at radius 1 is 1.62 bits per heavy atom. The Morgan fingerprint density at radius 3 is 3.12 bits per heavy atom. The lowest BCUT2D eigenvalue weighted by molar-refractivity contribution is -0.0313. The van der Waals surface area contributed by atoms with E-state index in [0.717, 1.165) is 26.2 Å². The fourth-order valence-corrected chi connectivity index (χ4v) is 1.86. The monoisotopic (exact) mass is 232 g/mol. The summed E-state index contributed by atoms with van der Waals surface area (Å²) >= 11 is 0. The van der Waals surface area contributed by atoms with Gasteiger partial charge >= 0.3 is 0 Å². The van der Waals surface area contributed by atoms with Crippen LogP contribution in [0.4, 0.5) is 0 Å². The Kier molecular flexibility index (Phi) is 6.91. The third kappa shape index (κ3) is 5.77. The molecule has 2 unspecified atom stereocenters. The van der Waals surface area contributed by atoms with Crippen LogP contribution >= 0.6 is 0 Å². The van der Waals surface area contributed by atoms with E-state index in [2.05, 4.69) is 17.1 Å². The van der Waals surface area contributed by atoms with Crippen molar-refractivity contribution < 1.29 is 14.6 Å². The normalized spacial score (nSPS) is 24.6. The molecule has 0 aliphatic carbocycles. The fraction of sp³-hybridized carbons (Fsp3) is 1.00. The van der Waals surface area contributed by atoms with Crippen molar-refractivity contribution in [3.63, 3.8) is 0 Å². The highest BCUT2D eigenvalue weighted by atomic mass is 16.5. The van der Waals surface area contributed by atoms with Gasteiger partial charge < -0.3 is 19.9 Å². The van der Waals surface area contributed by atoms with Crippen LogP contribution in [-0.2, 0) is 9.47 Å². The van der Waals surface area contributed by atoms with Crippen molar-refractivity contribution in [2.75, 3.05) is 53.0 Å². The molecular weight excluding hydrogens is 208 g/mol. The molecule has 1 saturated heterocycles. The standard InChI is InChI=1S/C11H24N2O3/c1-10-8-13(4-6-16-10)9-11(14)7-12-3-5-15-2/h10-12,14H,3-9H2,1-2H3. The molecule has 0 saturated carbocycles. The van der Waals surface area contributed by atoms with Crippen LogP contribution in [0.1, 0.15) is 6.92 Å². The first kappa shape index (κ1) is 13.9. The number of β-amino-alcohol motifs (C(OH)–C–C–N with tert-alkyl or cyclic N) is 1. The van der Waals surface area contributed by atoms with Crippen LogP contribution in [0.25, 0.3) is 0 Å². The van der Waals surface area contributed by atoms with E-state index in [-0.39, 0.29) is 12.2 Å². The Morgan fingerprint density at radius 2 is 2.44 bits per heavy atom. The van der Waals surface area contributed by atoms with Crippen molar-refractivity contribution in [2.24, 2.45) is 0 Å². The average molecular weight is 232 g/mol. The van der Waals surface area contributed by atoms with Gasteiger partial charge in [0.15, 0.2) is 0 Å². The fourth-order valence-electron chi connectivity index (χ4n) is 1.86. The molecule has 96 valence electrons. The predicted molar refractivity (Wildman–Crippen MR) is 62.6 cm³/mol. The highest BCUT2D eigenvalue weighted by Gasteiger charge is 2.18. The summed E-state index contributed by atoms with van der Waals surface area (Å²) in [6, 6.07) is 0. The number of aliphatic hydroxyl groups excluding tert-OH is 1. The van der Waals surface area contributed by atoms with E-state index in [9.17, 15) is 5.11 Å². The van der Waals surface area contributed by atoms with Crippen LogP contribution in [0.2, 0.25) is 0 Å². The zero-order valence-electron chi connectivity index (χ0n) is 10.3. The van der Waals surface area contributed by atoms with Crippen LogP contribution in [0.5, 0.6) is 0 Å². The Hall–Kier alpha value is -0.200. The summed E-state index contributed by atoms with van der Waals surface area (Å²) in [5.74, 6) is 0. The van der Waals surface area contributed by atoms with Gasteiger partial charge in [0.05, 0.1) is 25.4 Å². The molecule has 1 heterocycles. The molecule has 0 bridgehead atoms. The van der Waals surface area contributed by atoms with Crippen molar-refractivity contribution >= 4 is 0 Å². The summed E-state index contributed by atoms with van der Waals surface area (Å²) in [6.07, 6.45) is -0.0374. The highest BCUT2D eigenvalue weighted by Crippen LogP contribution is 2.04. The summed E-state index contributed by atoms with van der Waals surface area (Å²) in [7, 11) is 1.67. The van der Waals surface area contributed by atoms with E-state index in [1.54, 1.807) is 7.11 Å². The zero-order valence-corrected chi connectivity index (χ0v) is 10.3. The van der Waals surface area contributed by atoms with Crippen molar-refractivity contribution in [3.05, 3.63) is 0 Å². The zero-order chi connectivity index (χ0) is 11.8. The van der Waals surface area contributed by atoms with Gasteiger partial charge in [-0.15, -0.1) is 0 Å². The van der Waals surface area contributed by atoms with E-state index >= 15 is 0 Å². The number of ether oxygens (including phenoxy) is 2. The summed E-state index contributed by atoms with van der Waals surface area (Å²) in [6.45, 7) is 7.46. The second kappa shape index (κ2) is 7.97. The van der Waals surface area contributed by atoms with Gasteiger partial charge in [0, 0.05) is 39.8 Å². The minimum atomic E-state index is -0.317. The Bertz CT molecular complexity index is 181. The molecule has 0 spiro atoms. The summed E-state index contributed by atoms with van der Waals surface area (Å²) in [5, 5.41) is 13.0. The third-order valence-electron chi connectivity index (χ3n) is 2.66. The van der Waals surface area contributed by atoms with Gasteiger partial charge in [-0.05, 0) is 6.92 Å². The van der Waals surface area contributed by atoms with Crippen molar-refractivity contribution in [3.8, 4) is 0 Å². The molecule has 0 radical (unpaired) electrons. The lowest BCUT2D eigenvalue weighted by Gasteiger charge is -2.32. The molecule has 0 aromatic rings. The molecule has 2 atom stereocenters. The summed E-state index contributed by atoms with van der Waals surface area (Å²) < 4.78 is 10.4. The first-order valence-corrected chi connectivity index (χ1v) is 5.94. The van der Waals surface area contributed by atoms with Crippen molar-refractivity contribution in [2.45, 2.75) is 19.1 Å². The first-order chi connectivity index (χ1) is 7.72. The maximum Gasteiger partial charge on any atom is 0.0791 e. The van der Waals surface area contributed by atoms with E-state index < -0.39 is 0 Å². The van der Waals surface area contributed by atoms with Crippen LogP contribution in [0.3, 0.4) is 0 Å². The molecule has 0 aromatic carbocycles. The van der Waals surface area contributed by atoms with E-state index in [4.69, 9.17) is 9.47 Å². The van der Waals surface area contributed by atoms with Gasteiger partial charge in [-0.25, -0.2) is 0 Å². The van der Waals surface area contributed by atoms with E-state index in [1.807, 2.05) is 0 Å². The average Bonchev–Trinajstić information content (AvgIpc) is 2.24. The lowest BCUT2D eigenvalue weighted by Crippen LogP contribution is -2.46. The molecule has 5 nitrogen and oxygen atoms in total. The van der Waals surface area contributed by atoms with Crippen molar-refractivity contribution in [1.82, 2.24) is 10.2 Å². The second-order valence-corrected chi connectivity index (χ2v) is 4.29. The smallest absolute Gasteiger partial charge is 0.0791 e. The van der Waals surface area contributed by atoms with Crippen LogP contribution in [-0.4, -0.2) is 75.3 Å². The minimum absolute atomic E-state index is 0.280. The minimum Gasteiger partial charge on any atom is -0.390 e. The molecule has 2 N–H and O–H groups in total. The topological polar surface area (TPSA) is 54.0 Å². The molecule has 1 rings (SSSR count). The van der Waals surface area contributed by atoms with Gasteiger partial charge in [-0.3, -0.25) is 4.90 Å². The molecule has 1 fully saturated rings. The maximum absolute atomic E-state index is 9.80. The summed E-state index contributed by atoms with van der Waals surface area (Å²) in [4.78, 5) is 2.25. The largest absolute Gasteiger partial charge is 0.390 e. The Balaban J connectivity index is 2.06. The van der Waals surface area contributed by atoms with Crippen molar-refractivity contribution in [1.29, 1.82) is 0 Å². The Labute approximate surface area is 97.7 Å². The quantitative estimate of drug-likeness (QED) is 0.569. The van der Waals surface area contributed by atoms with Crippen LogP contribution < -0.4 is 5.32 Å². The highest BCUT2D eigenvalue weighted by molar-refractivity contribution is 4.72. The number of rotatable bonds is 7. The number of hydrogen-bond acceptors (Lipinski definition) is 5. The number of nitrogens with zero attached hydrogens (tertiary/aromatic N) is 1. The lowest BCUT2D eigenvalue weighted by atomic mass is 10.2. The SMILES string of the molecule is COCCNCC(O)CN1CCOC(C)C1. The predicted octanol–water partition coefficient (Wildman–Crippen LogP) is -0.696. The molecular formula is C11H24N2O3. The maximum atomic E-state index is 9.80. The molecule has 1 aliphatic rings. The molecule has 1 aliphatic heterocycles. The van der Waals surface area contributed by atoms with E-state index in [0.29, 0.717) is 19.7 Å². The van der Waals surface area contributed by atoms with Gasteiger partial charge in [0.1, 0.15) is 0 Å². The molecule has 16 heavy (non-hydrogen) atoms. The van der Waals surface area contributed by atoms with Crippen LogP contribution in [0.15, 0.2) is 0 Å². The summed E-state index contributed by atoms with van der Waals surface area (Å²) in [5.41, 5.74) is 0. The number of nitrogens with one attached hydrogen (secondary N) is 1. The second-order valence-electron chi connectivity index (χ2n) is 4.29. The number of morpholine rings is 1. The number of methoxy groups -OCH3 is 1. The van der Waals surface area contributed by atoms with Crippen LogP contribution in [0, 0.1) is 0 Å². The molecule has 0 amide bonds. The number of hydrogen-bond donors (Lipinski definition) is 2. The number of aliphatic hydroxyl groups is 1. The van der Waals surface area contributed by atoms with Gasteiger partial charge in [-0.2, -0.15) is 0 Å². The van der Waals surface area contributed by atoms with Gasteiger partial charge in [-0.1, -0.05) is 0 Å². The first-order valence-electron chi connectivity index (χ1n) is 5.94. The van der Waals surface area contributed by atoms with E-state index in [1.165, 1.54) is 0 Å². The third-order valence-corrected chi connectivity index (χ3v) is 2.66. The molecule has 0 aromatic heterocycles.